The molecule has 5 heteroatoms. The van der Waals surface area contributed by atoms with E-state index >= 15 is 0 Å². The molecule has 0 unspecified atom stereocenters. The van der Waals surface area contributed by atoms with Crippen LogP contribution >= 0.6 is 0 Å². The van der Waals surface area contributed by atoms with Crippen LogP contribution in [0.15, 0.2) is 66.7 Å². The van der Waals surface area contributed by atoms with Gasteiger partial charge in [0.05, 0.1) is 12.2 Å². The van der Waals surface area contributed by atoms with Crippen LogP contribution in [0.4, 0.5) is 13.2 Å². The molecule has 3 rings (SSSR count). The highest BCUT2D eigenvalue weighted by molar-refractivity contribution is 5.59. The Hall–Kier alpha value is -2.56. The lowest BCUT2D eigenvalue weighted by molar-refractivity contribution is -0.144. The van der Waals surface area contributed by atoms with Gasteiger partial charge in [-0.2, -0.15) is 18.3 Å². The first-order chi connectivity index (χ1) is 10.5. The Kier molecular flexibility index (Phi) is 3.71. The molecule has 0 aliphatic heterocycles. The fraction of sp³-hybridized carbons (Fsp3) is 0.118. The molecule has 112 valence electrons. The topological polar surface area (TPSA) is 17.8 Å². The molecule has 0 amide bonds. The van der Waals surface area contributed by atoms with E-state index in [-0.39, 0.29) is 6.54 Å². The van der Waals surface area contributed by atoms with E-state index in [0.29, 0.717) is 11.3 Å². The van der Waals surface area contributed by atoms with Crippen molar-refractivity contribution in [1.29, 1.82) is 0 Å². The van der Waals surface area contributed by atoms with Crippen LogP contribution in [0.2, 0.25) is 0 Å². The van der Waals surface area contributed by atoms with Crippen LogP contribution in [0, 0.1) is 0 Å². The van der Waals surface area contributed by atoms with Crippen molar-refractivity contribution in [2.45, 2.75) is 12.7 Å². The molecule has 0 N–H and O–H groups in total. The Morgan fingerprint density at radius 2 is 1.45 bits per heavy atom. The van der Waals surface area contributed by atoms with Gasteiger partial charge in [-0.3, -0.25) is 4.68 Å². The van der Waals surface area contributed by atoms with Crippen LogP contribution in [0.5, 0.6) is 0 Å². The van der Waals surface area contributed by atoms with Gasteiger partial charge in [0.1, 0.15) is 5.69 Å². The second kappa shape index (κ2) is 5.67. The van der Waals surface area contributed by atoms with Crippen LogP contribution in [0.1, 0.15) is 11.3 Å². The zero-order valence-electron chi connectivity index (χ0n) is 11.6. The van der Waals surface area contributed by atoms with Crippen molar-refractivity contribution in [3.63, 3.8) is 0 Å². The first-order valence-corrected chi connectivity index (χ1v) is 6.78. The first kappa shape index (κ1) is 14.4. The summed E-state index contributed by atoms with van der Waals surface area (Å²) in [5, 5.41) is 4.14. The van der Waals surface area contributed by atoms with E-state index in [1.165, 1.54) is 0 Å². The predicted molar refractivity (Wildman–Crippen MR) is 78.2 cm³/mol. The largest absolute Gasteiger partial charge is 0.433 e. The van der Waals surface area contributed by atoms with Crippen LogP contribution in [0.3, 0.4) is 0 Å². The van der Waals surface area contributed by atoms with Gasteiger partial charge < -0.3 is 0 Å². The van der Waals surface area contributed by atoms with E-state index in [0.717, 1.165) is 16.3 Å². The molecule has 1 heterocycles. The smallest absolute Gasteiger partial charge is 0.255 e. The predicted octanol–water partition coefficient (Wildman–Crippen LogP) is 4.62. The summed E-state index contributed by atoms with van der Waals surface area (Å²) >= 11 is 0. The molecule has 0 bridgehead atoms. The van der Waals surface area contributed by atoms with Crippen molar-refractivity contribution < 1.29 is 13.2 Å². The summed E-state index contributed by atoms with van der Waals surface area (Å²) in [5.74, 6) is 0. The van der Waals surface area contributed by atoms with E-state index in [1.54, 1.807) is 48.5 Å². The number of nitrogens with zero attached hydrogens (tertiary/aromatic N) is 2. The second-order valence-corrected chi connectivity index (χ2v) is 4.92. The minimum absolute atomic E-state index is 0.0858. The highest BCUT2D eigenvalue weighted by Gasteiger charge is 2.35. The third-order valence-electron chi connectivity index (χ3n) is 3.32. The molecule has 0 spiro atoms. The van der Waals surface area contributed by atoms with Crippen LogP contribution in [-0.4, -0.2) is 9.78 Å². The Labute approximate surface area is 125 Å². The maximum absolute atomic E-state index is 13.2. The summed E-state index contributed by atoms with van der Waals surface area (Å²) in [6, 6.07) is 18.9. The summed E-state index contributed by atoms with van der Waals surface area (Å²) in [6.07, 6.45) is -4.44. The molecule has 0 radical (unpaired) electrons. The quantitative estimate of drug-likeness (QED) is 0.690. The van der Waals surface area contributed by atoms with Gasteiger partial charge in [0.25, 0.3) is 0 Å². The monoisotopic (exact) mass is 302 g/mol. The van der Waals surface area contributed by atoms with E-state index in [9.17, 15) is 13.2 Å². The molecule has 0 atom stereocenters. The molecule has 0 aliphatic rings. The summed E-state index contributed by atoms with van der Waals surface area (Å²) < 4.78 is 40.7. The minimum Gasteiger partial charge on any atom is -0.255 e. The SMILES string of the molecule is FC(F)(F)c1cc(-c2ccccc2)nn1Cc1ccccc1. The van der Waals surface area contributed by atoms with E-state index in [1.807, 2.05) is 12.1 Å². The van der Waals surface area contributed by atoms with Gasteiger partial charge in [0.15, 0.2) is 0 Å². The fourth-order valence-corrected chi connectivity index (χ4v) is 2.27. The molecule has 0 aliphatic carbocycles. The van der Waals surface area contributed by atoms with Gasteiger partial charge in [0.2, 0.25) is 0 Å². The summed E-state index contributed by atoms with van der Waals surface area (Å²) in [6.45, 7) is 0.0858. The van der Waals surface area contributed by atoms with Crippen molar-refractivity contribution >= 4 is 0 Å². The first-order valence-electron chi connectivity index (χ1n) is 6.78. The minimum atomic E-state index is -4.44. The van der Waals surface area contributed by atoms with Crippen molar-refractivity contribution in [3.8, 4) is 11.3 Å². The van der Waals surface area contributed by atoms with E-state index < -0.39 is 11.9 Å². The number of hydrogen-bond acceptors (Lipinski definition) is 1. The molecule has 0 saturated heterocycles. The Morgan fingerprint density at radius 1 is 0.864 bits per heavy atom. The van der Waals surface area contributed by atoms with Gasteiger partial charge >= 0.3 is 6.18 Å². The number of aromatic nitrogens is 2. The number of benzene rings is 2. The zero-order valence-corrected chi connectivity index (χ0v) is 11.6. The normalized spacial score (nSPS) is 11.6. The standard InChI is InChI=1S/C17H13F3N2/c18-17(19,20)16-11-15(14-9-5-2-6-10-14)21-22(16)12-13-7-3-1-4-8-13/h1-11H,12H2. The van der Waals surface area contributed by atoms with Crippen molar-refractivity contribution in [2.24, 2.45) is 0 Å². The highest BCUT2D eigenvalue weighted by Crippen LogP contribution is 2.32. The van der Waals surface area contributed by atoms with E-state index in [4.69, 9.17) is 0 Å². The molecule has 3 aromatic rings. The maximum Gasteiger partial charge on any atom is 0.433 e. The molecule has 22 heavy (non-hydrogen) atoms. The lowest BCUT2D eigenvalue weighted by atomic mass is 10.1. The third-order valence-corrected chi connectivity index (χ3v) is 3.32. The van der Waals surface area contributed by atoms with Crippen LogP contribution < -0.4 is 0 Å². The van der Waals surface area contributed by atoms with Gasteiger partial charge in [-0.25, -0.2) is 0 Å². The van der Waals surface area contributed by atoms with E-state index in [2.05, 4.69) is 5.10 Å². The molecular weight excluding hydrogens is 289 g/mol. The lowest BCUT2D eigenvalue weighted by Gasteiger charge is -2.10. The highest BCUT2D eigenvalue weighted by atomic mass is 19.4. The van der Waals surface area contributed by atoms with Gasteiger partial charge in [-0.05, 0) is 11.6 Å². The number of halogens is 3. The van der Waals surface area contributed by atoms with Crippen LogP contribution in [-0.2, 0) is 12.7 Å². The maximum atomic E-state index is 13.2. The Balaban J connectivity index is 2.03. The average molecular weight is 302 g/mol. The Bertz CT molecular complexity index is 747. The zero-order chi connectivity index (χ0) is 15.6. The number of alkyl halides is 3. The van der Waals surface area contributed by atoms with Gasteiger partial charge in [0, 0.05) is 5.56 Å². The summed E-state index contributed by atoms with van der Waals surface area (Å²) in [5.41, 5.74) is 1.02. The summed E-state index contributed by atoms with van der Waals surface area (Å²) in [7, 11) is 0. The third kappa shape index (κ3) is 3.03. The summed E-state index contributed by atoms with van der Waals surface area (Å²) in [4.78, 5) is 0. The lowest BCUT2D eigenvalue weighted by Crippen LogP contribution is -2.15. The average Bonchev–Trinajstić information content (AvgIpc) is 2.93. The van der Waals surface area contributed by atoms with Crippen molar-refractivity contribution in [1.82, 2.24) is 9.78 Å². The fourth-order valence-electron chi connectivity index (χ4n) is 2.27. The van der Waals surface area contributed by atoms with Crippen LogP contribution in [0.25, 0.3) is 11.3 Å². The molecule has 0 fully saturated rings. The molecule has 2 aromatic carbocycles. The molecule has 0 saturated carbocycles. The molecular formula is C17H13F3N2. The molecule has 2 nitrogen and oxygen atoms in total. The van der Waals surface area contributed by atoms with Gasteiger partial charge in [-0.15, -0.1) is 0 Å². The van der Waals surface area contributed by atoms with Crippen molar-refractivity contribution in [3.05, 3.63) is 78.0 Å². The Morgan fingerprint density at radius 3 is 2.05 bits per heavy atom. The van der Waals surface area contributed by atoms with Gasteiger partial charge in [-0.1, -0.05) is 60.7 Å². The molecule has 1 aromatic heterocycles. The number of rotatable bonds is 3. The van der Waals surface area contributed by atoms with Crippen molar-refractivity contribution in [2.75, 3.05) is 0 Å². The second-order valence-electron chi connectivity index (χ2n) is 4.92. The number of hydrogen-bond donors (Lipinski definition) is 0.